The van der Waals surface area contributed by atoms with Gasteiger partial charge in [-0.2, -0.15) is 0 Å². The van der Waals surface area contributed by atoms with Gasteiger partial charge in [0.05, 0.1) is 25.4 Å². The minimum atomic E-state index is -0.822. The first kappa shape index (κ1) is 39.0. The van der Waals surface area contributed by atoms with Crippen LogP contribution < -0.4 is 10.5 Å². The lowest BCUT2D eigenvalue weighted by Crippen LogP contribution is -2.49. The Kier molecular flexibility index (Phi) is 13.2. The molecule has 1 atom stereocenters. The highest BCUT2D eigenvalue weighted by Gasteiger charge is 2.37. The molecule has 0 aromatic heterocycles. The van der Waals surface area contributed by atoms with Crippen LogP contribution in [0.15, 0.2) is 60.7 Å². The highest BCUT2D eigenvalue weighted by atomic mass is 35.5. The molecule has 1 saturated carbocycles. The Labute approximate surface area is 310 Å². The zero-order chi connectivity index (χ0) is 37.4. The molecule has 1 aliphatic carbocycles. The van der Waals surface area contributed by atoms with Crippen LogP contribution in [0.2, 0.25) is 5.02 Å². The third kappa shape index (κ3) is 9.61. The Hall–Kier alpha value is -4.19. The molecule has 1 unspecified atom stereocenters. The van der Waals surface area contributed by atoms with Crippen molar-refractivity contribution in [3.63, 3.8) is 0 Å². The zero-order valence-electron chi connectivity index (χ0n) is 30.4. The topological polar surface area (TPSA) is 121 Å². The van der Waals surface area contributed by atoms with Crippen molar-refractivity contribution in [2.24, 2.45) is 11.7 Å². The van der Waals surface area contributed by atoms with E-state index in [1.165, 1.54) is 19.2 Å². The number of rotatable bonds is 12. The summed E-state index contributed by atoms with van der Waals surface area (Å²) < 4.78 is 38.3. The molecule has 3 aromatic rings. The van der Waals surface area contributed by atoms with Crippen molar-refractivity contribution in [3.8, 4) is 16.9 Å². The molecule has 2 fully saturated rings. The van der Waals surface area contributed by atoms with Crippen LogP contribution in [0.1, 0.15) is 73.9 Å². The van der Waals surface area contributed by atoms with Crippen molar-refractivity contribution in [2.75, 3.05) is 53.2 Å². The maximum absolute atomic E-state index is 16.2. The fourth-order valence-corrected chi connectivity index (χ4v) is 7.19. The van der Waals surface area contributed by atoms with Crippen molar-refractivity contribution < 1.29 is 37.7 Å². The van der Waals surface area contributed by atoms with Gasteiger partial charge in [-0.25, -0.2) is 9.18 Å². The number of carbonyl (C=O) groups is 3. The van der Waals surface area contributed by atoms with Gasteiger partial charge in [0.2, 0.25) is 11.8 Å². The number of amides is 3. The predicted octanol–water partition coefficient (Wildman–Crippen LogP) is 7.06. The Balaban J connectivity index is 1.51. The first-order valence-electron chi connectivity index (χ1n) is 17.8. The van der Waals surface area contributed by atoms with Crippen molar-refractivity contribution >= 4 is 29.5 Å². The van der Waals surface area contributed by atoms with Crippen molar-refractivity contribution in [2.45, 2.75) is 64.0 Å². The highest BCUT2D eigenvalue weighted by molar-refractivity contribution is 6.33. The molecule has 52 heavy (non-hydrogen) atoms. The molecule has 10 nitrogen and oxygen atoms in total. The number of methoxy groups -OCH3 is 1. The van der Waals surface area contributed by atoms with Gasteiger partial charge in [0.1, 0.15) is 12.2 Å². The van der Waals surface area contributed by atoms with E-state index in [0.29, 0.717) is 52.0 Å². The number of primary amides is 1. The Bertz CT molecular complexity index is 1700. The number of benzene rings is 3. The largest absolute Gasteiger partial charge is 0.488 e. The van der Waals surface area contributed by atoms with E-state index in [-0.39, 0.29) is 65.1 Å². The van der Waals surface area contributed by atoms with Crippen LogP contribution in [0.3, 0.4) is 0 Å². The van der Waals surface area contributed by atoms with Gasteiger partial charge in [-0.15, -0.1) is 0 Å². The minimum Gasteiger partial charge on any atom is -0.488 e. The van der Waals surface area contributed by atoms with Gasteiger partial charge in [0.25, 0.3) is 0 Å². The summed E-state index contributed by atoms with van der Waals surface area (Å²) >= 11 is 6.75. The summed E-state index contributed by atoms with van der Waals surface area (Å²) in [7, 11) is 1.51. The fourth-order valence-electron chi connectivity index (χ4n) is 6.98. The summed E-state index contributed by atoms with van der Waals surface area (Å²) in [6.45, 7) is 8.35. The van der Waals surface area contributed by atoms with E-state index in [1.807, 2.05) is 62.1 Å². The number of hydrogen-bond donors (Lipinski definition) is 1. The average Bonchev–Trinajstić information content (AvgIpc) is 3.13. The average molecular weight is 738 g/mol. The number of nitrogens with two attached hydrogens (primary N) is 1. The van der Waals surface area contributed by atoms with Crippen molar-refractivity contribution in [3.05, 3.63) is 88.2 Å². The Morgan fingerprint density at radius 3 is 2.31 bits per heavy atom. The zero-order valence-corrected chi connectivity index (χ0v) is 31.1. The second-order valence-electron chi connectivity index (χ2n) is 14.3. The molecule has 12 heteroatoms. The van der Waals surface area contributed by atoms with E-state index in [0.717, 1.165) is 11.1 Å². The van der Waals surface area contributed by atoms with E-state index in [9.17, 15) is 14.4 Å². The summed E-state index contributed by atoms with van der Waals surface area (Å²) in [5, 5.41) is 0.207. The highest BCUT2D eigenvalue weighted by Crippen LogP contribution is 2.40. The van der Waals surface area contributed by atoms with Crippen molar-refractivity contribution in [1.29, 1.82) is 0 Å². The molecule has 3 amide bonds. The molecule has 1 aliphatic heterocycles. The molecule has 1 heterocycles. The van der Waals surface area contributed by atoms with Crippen LogP contribution in [0.4, 0.5) is 9.18 Å². The lowest BCUT2D eigenvalue weighted by atomic mass is 9.83. The normalized spacial score (nSPS) is 18.4. The molecular weight excluding hydrogens is 689 g/mol. The van der Waals surface area contributed by atoms with Gasteiger partial charge in [-0.3, -0.25) is 9.59 Å². The standard InChI is InChI=1S/C40H49ClFN3O7/c1-40(2,3)52-39(48)45(29-13-10-27(11-14-29)38(47)44-18-20-50-21-19-44)25-32(26-8-6-5-7-9-26)28-12-16-33(41)31(24-28)35-30(37(43)46)15-17-34(36(35)42)51-23-22-49-4/h5-9,12,15-17,24,27,29,32H,10-11,13-14,18-23,25H2,1-4H3,(H2,43,46). The van der Waals surface area contributed by atoms with Gasteiger partial charge in [-0.05, 0) is 81.8 Å². The second kappa shape index (κ2) is 17.6. The second-order valence-corrected chi connectivity index (χ2v) is 14.7. The van der Waals surface area contributed by atoms with Crippen LogP contribution in [-0.2, 0) is 19.0 Å². The van der Waals surface area contributed by atoms with Gasteiger partial charge >= 0.3 is 6.09 Å². The number of nitrogens with zero attached hydrogens (tertiary/aromatic N) is 2. The number of morpholine rings is 1. The van der Waals surface area contributed by atoms with E-state index >= 15 is 4.39 Å². The maximum Gasteiger partial charge on any atom is 0.410 e. The van der Waals surface area contributed by atoms with E-state index in [4.69, 9.17) is 36.3 Å². The molecule has 2 aliphatic rings. The Morgan fingerprint density at radius 2 is 1.67 bits per heavy atom. The molecule has 0 radical (unpaired) electrons. The third-order valence-electron chi connectivity index (χ3n) is 9.60. The van der Waals surface area contributed by atoms with E-state index in [2.05, 4.69) is 0 Å². The summed E-state index contributed by atoms with van der Waals surface area (Å²) in [6, 6.07) is 17.6. The van der Waals surface area contributed by atoms with Gasteiger partial charge in [0.15, 0.2) is 11.6 Å². The smallest absolute Gasteiger partial charge is 0.410 e. The summed E-state index contributed by atoms with van der Waals surface area (Å²) in [5.41, 5.74) is 6.77. The van der Waals surface area contributed by atoms with Crippen LogP contribution in [0.25, 0.3) is 11.1 Å². The number of ether oxygens (including phenoxy) is 4. The molecule has 280 valence electrons. The SMILES string of the molecule is COCCOc1ccc(C(N)=O)c(-c2cc(C(CN(C(=O)OC(C)(C)C)C3CCC(C(=O)N4CCOCC4)CC3)c3ccccc3)ccc2Cl)c1F. The number of hydrogen-bond acceptors (Lipinski definition) is 7. The minimum absolute atomic E-state index is 0.0503. The molecule has 3 aromatic carbocycles. The predicted molar refractivity (Wildman–Crippen MR) is 197 cm³/mol. The van der Waals surface area contributed by atoms with Crippen LogP contribution in [0, 0.1) is 11.7 Å². The van der Waals surface area contributed by atoms with Gasteiger partial charge < -0.3 is 34.5 Å². The summed E-state index contributed by atoms with van der Waals surface area (Å²) in [6.07, 6.45) is 2.12. The van der Waals surface area contributed by atoms with E-state index in [1.54, 1.807) is 17.0 Å². The molecule has 2 N–H and O–H groups in total. The lowest BCUT2D eigenvalue weighted by Gasteiger charge is -2.40. The van der Waals surface area contributed by atoms with Gasteiger partial charge in [-0.1, -0.05) is 48.0 Å². The molecule has 5 rings (SSSR count). The molecule has 0 bridgehead atoms. The fraction of sp³-hybridized carbons (Fsp3) is 0.475. The lowest BCUT2D eigenvalue weighted by molar-refractivity contribution is -0.141. The van der Waals surface area contributed by atoms with Crippen LogP contribution in [0.5, 0.6) is 5.75 Å². The quantitative estimate of drug-likeness (QED) is 0.198. The maximum atomic E-state index is 16.2. The van der Waals surface area contributed by atoms with Crippen LogP contribution in [-0.4, -0.2) is 92.5 Å². The van der Waals surface area contributed by atoms with Gasteiger partial charge in [0, 0.05) is 60.8 Å². The number of halogens is 2. The first-order chi connectivity index (χ1) is 24.9. The van der Waals surface area contributed by atoms with E-state index < -0.39 is 29.3 Å². The molecule has 0 spiro atoms. The van der Waals surface area contributed by atoms with Crippen molar-refractivity contribution in [1.82, 2.24) is 9.80 Å². The first-order valence-corrected chi connectivity index (χ1v) is 18.2. The Morgan fingerprint density at radius 1 is 0.981 bits per heavy atom. The third-order valence-corrected chi connectivity index (χ3v) is 9.93. The number of carbonyl (C=O) groups excluding carboxylic acids is 3. The molecular formula is C40H49ClFN3O7. The summed E-state index contributed by atoms with van der Waals surface area (Å²) in [5.74, 6) is -2.03. The molecule has 1 saturated heterocycles. The summed E-state index contributed by atoms with van der Waals surface area (Å²) in [4.78, 5) is 43.6. The van der Waals surface area contributed by atoms with Crippen LogP contribution >= 0.6 is 11.6 Å². The monoisotopic (exact) mass is 737 g/mol.